The van der Waals surface area contributed by atoms with Gasteiger partial charge in [0.25, 0.3) is 0 Å². The van der Waals surface area contributed by atoms with Crippen molar-refractivity contribution >= 4 is 35.2 Å². The molecule has 5 N–H and O–H groups in total. The van der Waals surface area contributed by atoms with Crippen molar-refractivity contribution in [3.05, 3.63) is 48.3 Å². The lowest BCUT2D eigenvalue weighted by Crippen LogP contribution is -2.57. The number of aromatic hydroxyl groups is 1. The van der Waals surface area contributed by atoms with Crippen LogP contribution >= 0.6 is 0 Å². The number of piperazine rings is 1. The number of aliphatic hydroxyl groups is 1. The van der Waals surface area contributed by atoms with Crippen LogP contribution in [-0.2, 0) is 19.1 Å². The average Bonchev–Trinajstić information content (AvgIpc) is 3.69. The summed E-state index contributed by atoms with van der Waals surface area (Å²) in [5.41, 5.74) is 8.75. The Bertz CT molecular complexity index is 1870. The third-order valence-corrected chi connectivity index (χ3v) is 11.8. The Morgan fingerprint density at radius 2 is 1.65 bits per heavy atom. The van der Waals surface area contributed by atoms with Crippen LogP contribution in [0.5, 0.6) is 5.75 Å². The van der Waals surface area contributed by atoms with Crippen molar-refractivity contribution in [3.8, 4) is 17.0 Å². The smallest absolute Gasteiger partial charge is 0.328 e. The number of fused-ring (bicyclic) bond motifs is 2. The number of nitrogens with one attached hydrogen (secondary N) is 1. The number of amides is 2. The third kappa shape index (κ3) is 7.89. The topological polar surface area (TPSA) is 200 Å². The molecule has 3 saturated heterocycles. The molecule has 3 aliphatic heterocycles. The number of phenolic OH excluding ortho intramolecular Hbond substituents is 1. The van der Waals surface area contributed by atoms with Gasteiger partial charge >= 0.3 is 5.97 Å². The van der Waals surface area contributed by atoms with E-state index in [9.17, 15) is 24.6 Å². The van der Waals surface area contributed by atoms with Crippen molar-refractivity contribution in [2.24, 2.45) is 11.3 Å². The molecule has 2 amide bonds. The number of benzene rings is 1. The highest BCUT2D eigenvalue weighted by atomic mass is 16.5. The lowest BCUT2D eigenvalue weighted by Gasteiger charge is -2.42. The molecule has 55 heavy (non-hydrogen) atoms. The molecule has 2 aromatic heterocycles. The number of para-hydroxylation sites is 1. The fourth-order valence-corrected chi connectivity index (χ4v) is 8.85. The molecule has 7 rings (SSSR count). The summed E-state index contributed by atoms with van der Waals surface area (Å²) in [5.74, 6) is 0.104. The van der Waals surface area contributed by atoms with Crippen molar-refractivity contribution in [2.75, 3.05) is 41.8 Å². The van der Waals surface area contributed by atoms with E-state index in [1.165, 1.54) is 4.90 Å². The quantitative estimate of drug-likeness (QED) is 0.232. The van der Waals surface area contributed by atoms with E-state index in [4.69, 9.17) is 20.4 Å². The number of aromatic nitrogens is 4. The lowest BCUT2D eigenvalue weighted by molar-refractivity contribution is -0.155. The molecule has 1 unspecified atom stereocenters. The van der Waals surface area contributed by atoms with Crippen LogP contribution in [0.4, 0.5) is 17.5 Å². The molecule has 4 aliphatic rings. The van der Waals surface area contributed by atoms with Gasteiger partial charge in [-0.2, -0.15) is 0 Å². The van der Waals surface area contributed by atoms with Gasteiger partial charge in [0.05, 0.1) is 24.1 Å². The molecule has 5 heterocycles. The zero-order valence-electron chi connectivity index (χ0n) is 32.1. The number of anilines is 3. The Kier molecular flexibility index (Phi) is 10.8. The average molecular weight is 756 g/mol. The fraction of sp³-hybridized carbons (Fsp3) is 0.575. The minimum Gasteiger partial charge on any atom is -0.507 e. The number of ether oxygens (including phenoxy) is 1. The van der Waals surface area contributed by atoms with Crippen LogP contribution in [0.15, 0.2) is 42.7 Å². The number of hydrogen-bond donors (Lipinski definition) is 4. The Morgan fingerprint density at radius 3 is 2.29 bits per heavy atom. The lowest BCUT2D eigenvalue weighted by atomic mass is 9.78. The predicted octanol–water partition coefficient (Wildman–Crippen LogP) is 3.41. The van der Waals surface area contributed by atoms with Crippen LogP contribution in [0.1, 0.15) is 84.1 Å². The number of likely N-dealkylation sites (tertiary alicyclic amines) is 1. The number of carbonyl (C=O) groups is 3. The number of nitrogens with two attached hydrogens (primary N) is 1. The largest absolute Gasteiger partial charge is 0.507 e. The summed E-state index contributed by atoms with van der Waals surface area (Å²) in [6.45, 7) is 9.03. The second-order valence-corrected chi connectivity index (χ2v) is 16.5. The number of esters is 1. The maximum Gasteiger partial charge on any atom is 0.328 e. The summed E-state index contributed by atoms with van der Waals surface area (Å²) in [4.78, 5) is 55.7. The minimum atomic E-state index is -0.873. The predicted molar refractivity (Wildman–Crippen MR) is 206 cm³/mol. The van der Waals surface area contributed by atoms with Crippen molar-refractivity contribution in [1.29, 1.82) is 0 Å². The Morgan fingerprint density at radius 1 is 0.982 bits per heavy atom. The highest BCUT2D eigenvalue weighted by Crippen LogP contribution is 2.40. The summed E-state index contributed by atoms with van der Waals surface area (Å²) in [5, 5.41) is 32.2. The molecule has 1 saturated carbocycles. The molecule has 5 atom stereocenters. The highest BCUT2D eigenvalue weighted by molar-refractivity contribution is 5.92. The van der Waals surface area contributed by atoms with E-state index < -0.39 is 29.6 Å². The molecular formula is C40H53N9O6. The van der Waals surface area contributed by atoms with Gasteiger partial charge in [-0.05, 0) is 80.5 Å². The van der Waals surface area contributed by atoms with Gasteiger partial charge in [0.1, 0.15) is 17.8 Å². The normalized spacial score (nSPS) is 25.8. The number of hydrogen-bond acceptors (Lipinski definition) is 13. The van der Waals surface area contributed by atoms with Crippen LogP contribution in [0.3, 0.4) is 0 Å². The van der Waals surface area contributed by atoms with Gasteiger partial charge in [-0.3, -0.25) is 9.59 Å². The number of phenols is 1. The van der Waals surface area contributed by atoms with Gasteiger partial charge in [0.15, 0.2) is 5.82 Å². The SMILES string of the molecule is CCOC(=O)[C@@H]1C[C@@H](O)CN1C(=O)[C@@H](NC(=O)C1CCC(c2cnc(N3C4CC[C@@H]3CN(c3cc(-c5ccccc5O)nnc3N)C4)nc2)CC1)C(C)(C)C. The molecule has 15 nitrogen and oxygen atoms in total. The summed E-state index contributed by atoms with van der Waals surface area (Å²) in [6.07, 6.45) is 8.11. The van der Waals surface area contributed by atoms with E-state index in [1.54, 1.807) is 19.1 Å². The van der Waals surface area contributed by atoms with Gasteiger partial charge in [0.2, 0.25) is 17.8 Å². The first-order chi connectivity index (χ1) is 26.3. The molecule has 15 heteroatoms. The molecule has 3 aromatic rings. The fourth-order valence-electron chi connectivity index (χ4n) is 8.85. The molecule has 1 aromatic carbocycles. The third-order valence-electron chi connectivity index (χ3n) is 11.8. The van der Waals surface area contributed by atoms with E-state index in [0.29, 0.717) is 35.9 Å². The van der Waals surface area contributed by atoms with Crippen LogP contribution in [-0.4, -0.2) is 110 Å². The second kappa shape index (κ2) is 15.6. The maximum atomic E-state index is 13.8. The van der Waals surface area contributed by atoms with Crippen LogP contribution in [0, 0.1) is 11.3 Å². The first-order valence-corrected chi connectivity index (χ1v) is 19.5. The van der Waals surface area contributed by atoms with Gasteiger partial charge < -0.3 is 40.7 Å². The molecule has 4 fully saturated rings. The Labute approximate surface area is 321 Å². The molecule has 294 valence electrons. The van der Waals surface area contributed by atoms with Crippen molar-refractivity contribution in [2.45, 2.75) is 109 Å². The van der Waals surface area contributed by atoms with Gasteiger partial charge in [-0.25, -0.2) is 14.8 Å². The standard InChI is InChI=1S/C40H53N9O6/c1-5-55-38(54)32-16-28(50)22-48(32)37(53)34(40(2,3)4)44-36(52)24-12-10-23(11-13-24)25-18-42-39(43-19-25)49-26-14-15-27(49)21-47(20-26)31-17-30(45-46-35(31)41)29-8-6-7-9-33(29)51/h6-9,17-19,23-24,26-28,32,34,50-51H,5,10-16,20-22H2,1-4H3,(H2,41,46)(H,44,52)/t23?,24?,26-,27?,28-,32+,34-/m1/s1. The van der Waals surface area contributed by atoms with Gasteiger partial charge in [-0.15, -0.1) is 10.2 Å². The Balaban J connectivity index is 0.953. The molecule has 1 aliphatic carbocycles. The molecule has 0 radical (unpaired) electrons. The first-order valence-electron chi connectivity index (χ1n) is 19.5. The molecular weight excluding hydrogens is 702 g/mol. The molecule has 0 spiro atoms. The van der Waals surface area contributed by atoms with Crippen molar-refractivity contribution < 1.29 is 29.3 Å². The summed E-state index contributed by atoms with van der Waals surface area (Å²) in [6, 6.07) is 7.64. The minimum absolute atomic E-state index is 0.0232. The maximum absolute atomic E-state index is 13.8. The van der Waals surface area contributed by atoms with Gasteiger partial charge in [0, 0.05) is 62.0 Å². The zero-order chi connectivity index (χ0) is 39.0. The van der Waals surface area contributed by atoms with E-state index in [-0.39, 0.29) is 61.1 Å². The van der Waals surface area contributed by atoms with Crippen LogP contribution in [0.2, 0.25) is 0 Å². The highest BCUT2D eigenvalue weighted by Gasteiger charge is 2.46. The number of aliphatic hydroxyl groups excluding tert-OH is 1. The Hall–Kier alpha value is -5.05. The second-order valence-electron chi connectivity index (χ2n) is 16.5. The molecule has 2 bridgehead atoms. The number of β-amino-alcohol motifs (C(OH)–C–C–N with tert-alkyl or cyclic N) is 1. The zero-order valence-corrected chi connectivity index (χ0v) is 32.1. The summed E-state index contributed by atoms with van der Waals surface area (Å²) < 4.78 is 5.17. The van der Waals surface area contributed by atoms with E-state index >= 15 is 0 Å². The first kappa shape index (κ1) is 38.2. The van der Waals surface area contributed by atoms with Gasteiger partial charge in [-0.1, -0.05) is 32.9 Å². The number of nitrogens with zero attached hydrogens (tertiary/aromatic N) is 7. The van der Waals surface area contributed by atoms with Crippen LogP contribution in [0.25, 0.3) is 11.3 Å². The van der Waals surface area contributed by atoms with Crippen molar-refractivity contribution in [1.82, 2.24) is 30.4 Å². The van der Waals surface area contributed by atoms with E-state index in [1.807, 2.05) is 51.4 Å². The van der Waals surface area contributed by atoms with E-state index in [2.05, 4.69) is 25.3 Å². The monoisotopic (exact) mass is 755 g/mol. The van der Waals surface area contributed by atoms with Crippen LogP contribution < -0.4 is 20.9 Å². The summed E-state index contributed by atoms with van der Waals surface area (Å²) >= 11 is 0. The van der Waals surface area contributed by atoms with E-state index in [0.717, 1.165) is 50.0 Å². The van der Waals surface area contributed by atoms with Crippen molar-refractivity contribution in [3.63, 3.8) is 0 Å². The summed E-state index contributed by atoms with van der Waals surface area (Å²) in [7, 11) is 0. The number of nitrogen functional groups attached to an aromatic ring is 1. The number of carbonyl (C=O) groups excluding carboxylic acids is 3. The number of rotatable bonds is 9.